The van der Waals surface area contributed by atoms with Crippen LogP contribution in [0.4, 0.5) is 0 Å². The van der Waals surface area contributed by atoms with E-state index in [1.807, 2.05) is 0 Å². The molecule has 10 heteroatoms. The summed E-state index contributed by atoms with van der Waals surface area (Å²) in [5.74, 6) is -2.61. The molecule has 0 bridgehead atoms. The van der Waals surface area contributed by atoms with Crippen molar-refractivity contribution in [2.75, 3.05) is 13.1 Å². The summed E-state index contributed by atoms with van der Waals surface area (Å²) < 4.78 is 0. The fraction of sp³-hybridized carbons (Fsp3) is 0.810. The van der Waals surface area contributed by atoms with Crippen molar-refractivity contribution in [3.05, 3.63) is 0 Å². The van der Waals surface area contributed by atoms with Crippen LogP contribution in [0.25, 0.3) is 0 Å². The van der Waals surface area contributed by atoms with Crippen LogP contribution in [0.3, 0.4) is 0 Å². The molecule has 0 heterocycles. The smallest absolute Gasteiger partial charge is 0.326 e. The van der Waals surface area contributed by atoms with Crippen LogP contribution in [0.2, 0.25) is 0 Å². The van der Waals surface area contributed by atoms with Gasteiger partial charge in [-0.25, -0.2) is 9.59 Å². The van der Waals surface area contributed by atoms with Gasteiger partial charge in [-0.05, 0) is 64.5 Å². The van der Waals surface area contributed by atoms with Gasteiger partial charge in [0.25, 0.3) is 0 Å². The highest BCUT2D eigenvalue weighted by Crippen LogP contribution is 2.09. The summed E-state index contributed by atoms with van der Waals surface area (Å²) in [6, 6.07) is -1.75. The third-order valence-electron chi connectivity index (χ3n) is 4.97. The number of carboxylic acids is 2. The second-order valence-electron chi connectivity index (χ2n) is 7.75. The molecular formula is C21H40N4O6. The van der Waals surface area contributed by atoms with Crippen LogP contribution in [0.15, 0.2) is 0 Å². The lowest BCUT2D eigenvalue weighted by Crippen LogP contribution is -2.40. The van der Waals surface area contributed by atoms with Crippen LogP contribution in [0.5, 0.6) is 0 Å². The van der Waals surface area contributed by atoms with Gasteiger partial charge in [0.15, 0.2) is 0 Å². The van der Waals surface area contributed by atoms with Crippen molar-refractivity contribution in [3.8, 4) is 0 Å². The molecule has 0 aliphatic carbocycles. The average Bonchev–Trinajstić information content (AvgIpc) is 2.71. The van der Waals surface area contributed by atoms with Crippen molar-refractivity contribution in [2.24, 2.45) is 11.5 Å². The highest BCUT2D eigenvalue weighted by atomic mass is 16.4. The average molecular weight is 445 g/mol. The summed E-state index contributed by atoms with van der Waals surface area (Å²) in [6.07, 6.45) is 7.79. The molecular weight excluding hydrogens is 404 g/mol. The van der Waals surface area contributed by atoms with Crippen LogP contribution in [-0.2, 0) is 19.2 Å². The molecule has 0 aromatic carbocycles. The van der Waals surface area contributed by atoms with Gasteiger partial charge in [0, 0.05) is 12.8 Å². The second-order valence-corrected chi connectivity index (χ2v) is 7.75. The molecule has 0 unspecified atom stereocenters. The van der Waals surface area contributed by atoms with Crippen molar-refractivity contribution < 1.29 is 29.4 Å². The molecule has 0 aromatic heterocycles. The second kappa shape index (κ2) is 18.6. The fourth-order valence-electron chi connectivity index (χ4n) is 3.13. The van der Waals surface area contributed by atoms with E-state index in [2.05, 4.69) is 10.6 Å². The summed E-state index contributed by atoms with van der Waals surface area (Å²) in [5, 5.41) is 23.4. The number of amides is 2. The molecule has 0 aliphatic heterocycles. The summed E-state index contributed by atoms with van der Waals surface area (Å²) in [5.41, 5.74) is 10.8. The minimum atomic E-state index is -1.03. The van der Waals surface area contributed by atoms with Gasteiger partial charge in [-0.3, -0.25) is 9.59 Å². The largest absolute Gasteiger partial charge is 0.480 e. The van der Waals surface area contributed by atoms with E-state index in [0.29, 0.717) is 51.6 Å². The number of unbranched alkanes of at least 4 members (excludes halogenated alkanes) is 6. The Labute approximate surface area is 184 Å². The lowest BCUT2D eigenvalue weighted by Gasteiger charge is -2.14. The van der Waals surface area contributed by atoms with Crippen LogP contribution >= 0.6 is 0 Å². The Balaban J connectivity index is 3.89. The lowest BCUT2D eigenvalue weighted by atomic mass is 10.1. The molecule has 0 saturated heterocycles. The zero-order valence-electron chi connectivity index (χ0n) is 18.4. The number of carbonyl (C=O) groups excluding carboxylic acids is 2. The first-order valence-corrected chi connectivity index (χ1v) is 11.3. The Morgan fingerprint density at radius 3 is 1.26 bits per heavy atom. The first-order valence-electron chi connectivity index (χ1n) is 11.3. The monoisotopic (exact) mass is 444 g/mol. The Kier molecular flexibility index (Phi) is 17.2. The molecule has 0 rings (SSSR count). The highest BCUT2D eigenvalue weighted by Gasteiger charge is 2.20. The maximum absolute atomic E-state index is 11.9. The molecule has 0 saturated carbocycles. The Hall–Kier alpha value is -2.20. The molecule has 10 nitrogen and oxygen atoms in total. The maximum Gasteiger partial charge on any atom is 0.326 e. The van der Waals surface area contributed by atoms with E-state index in [9.17, 15) is 19.2 Å². The summed E-state index contributed by atoms with van der Waals surface area (Å²) in [6.45, 7) is 0.994. The predicted molar refractivity (Wildman–Crippen MR) is 117 cm³/mol. The molecule has 0 aliphatic rings. The number of nitrogens with two attached hydrogens (primary N) is 2. The van der Waals surface area contributed by atoms with Crippen LogP contribution in [-0.4, -0.2) is 59.1 Å². The molecule has 31 heavy (non-hydrogen) atoms. The van der Waals surface area contributed by atoms with Gasteiger partial charge >= 0.3 is 11.9 Å². The third kappa shape index (κ3) is 16.2. The van der Waals surface area contributed by atoms with Crippen LogP contribution < -0.4 is 22.1 Å². The van der Waals surface area contributed by atoms with Gasteiger partial charge in [0.05, 0.1) is 0 Å². The Bertz CT molecular complexity index is 498. The molecule has 8 N–H and O–H groups in total. The quantitative estimate of drug-likeness (QED) is 0.151. The fourth-order valence-corrected chi connectivity index (χ4v) is 3.13. The van der Waals surface area contributed by atoms with E-state index in [-0.39, 0.29) is 24.7 Å². The normalized spacial score (nSPS) is 12.7. The van der Waals surface area contributed by atoms with Crippen molar-refractivity contribution in [1.29, 1.82) is 0 Å². The minimum absolute atomic E-state index is 0.268. The Morgan fingerprint density at radius 1 is 0.581 bits per heavy atom. The number of nitrogens with one attached hydrogen (secondary N) is 2. The van der Waals surface area contributed by atoms with Crippen molar-refractivity contribution >= 4 is 23.8 Å². The first-order chi connectivity index (χ1) is 14.8. The van der Waals surface area contributed by atoms with E-state index < -0.39 is 24.0 Å². The topological polar surface area (TPSA) is 185 Å². The van der Waals surface area contributed by atoms with Crippen molar-refractivity contribution in [3.63, 3.8) is 0 Å². The number of hydrogen-bond donors (Lipinski definition) is 6. The van der Waals surface area contributed by atoms with Gasteiger partial charge in [-0.1, -0.05) is 19.3 Å². The van der Waals surface area contributed by atoms with E-state index in [4.69, 9.17) is 21.7 Å². The summed E-state index contributed by atoms with van der Waals surface area (Å²) >= 11 is 0. The Morgan fingerprint density at radius 2 is 0.935 bits per heavy atom. The highest BCUT2D eigenvalue weighted by molar-refractivity contribution is 5.84. The number of carbonyl (C=O) groups is 4. The van der Waals surface area contributed by atoms with Crippen molar-refractivity contribution in [2.45, 2.75) is 95.6 Å². The number of hydrogen-bond acceptors (Lipinski definition) is 6. The van der Waals surface area contributed by atoms with Gasteiger partial charge in [-0.15, -0.1) is 0 Å². The molecule has 0 spiro atoms. The first kappa shape index (κ1) is 28.8. The zero-order chi connectivity index (χ0) is 23.5. The maximum atomic E-state index is 11.9. The standard InChI is InChI=1S/C21H40N4O6/c22-14-8-6-10-16(20(28)29)24-18(26)12-4-2-1-3-5-13-19(27)25-17(21(30)31)11-7-9-15-23/h16-17H,1-15,22-23H2,(H,24,26)(H,25,27)(H,28,29)(H,30,31)/t16-,17-/m0/s1. The third-order valence-corrected chi connectivity index (χ3v) is 4.97. The number of rotatable bonds is 20. The number of carboxylic acid groups (broad SMARTS) is 2. The predicted octanol–water partition coefficient (Wildman–Crippen LogP) is 1.11. The molecule has 180 valence electrons. The van der Waals surface area contributed by atoms with Crippen LogP contribution in [0, 0.1) is 0 Å². The molecule has 0 fully saturated rings. The van der Waals surface area contributed by atoms with Crippen molar-refractivity contribution in [1.82, 2.24) is 10.6 Å². The van der Waals surface area contributed by atoms with E-state index in [1.165, 1.54) is 0 Å². The summed E-state index contributed by atoms with van der Waals surface area (Å²) in [4.78, 5) is 46.2. The zero-order valence-corrected chi connectivity index (χ0v) is 18.4. The molecule has 2 atom stereocenters. The van der Waals surface area contributed by atoms with E-state index in [0.717, 1.165) is 32.1 Å². The molecule has 0 aromatic rings. The van der Waals surface area contributed by atoms with E-state index >= 15 is 0 Å². The molecule has 0 radical (unpaired) electrons. The van der Waals surface area contributed by atoms with Gasteiger partial charge < -0.3 is 32.3 Å². The lowest BCUT2D eigenvalue weighted by molar-refractivity contribution is -0.142. The van der Waals surface area contributed by atoms with Gasteiger partial charge in [-0.2, -0.15) is 0 Å². The van der Waals surface area contributed by atoms with Gasteiger partial charge in [0.2, 0.25) is 11.8 Å². The van der Waals surface area contributed by atoms with Crippen LogP contribution in [0.1, 0.15) is 83.5 Å². The number of aliphatic carboxylic acids is 2. The summed E-state index contributed by atoms with van der Waals surface area (Å²) in [7, 11) is 0. The van der Waals surface area contributed by atoms with E-state index in [1.54, 1.807) is 0 Å². The molecule has 2 amide bonds. The minimum Gasteiger partial charge on any atom is -0.480 e. The SMILES string of the molecule is NCCCC[C@H](NC(=O)CCCCCCCC(=O)N[C@@H](CCCCN)C(=O)O)C(=O)O. The van der Waals surface area contributed by atoms with Gasteiger partial charge in [0.1, 0.15) is 12.1 Å².